The van der Waals surface area contributed by atoms with E-state index in [0.29, 0.717) is 6.54 Å². The summed E-state index contributed by atoms with van der Waals surface area (Å²) in [5.74, 6) is -0.563. The van der Waals surface area contributed by atoms with Gasteiger partial charge < -0.3 is 16.2 Å². The van der Waals surface area contributed by atoms with Crippen molar-refractivity contribution >= 4 is 11.6 Å². The number of hydrogen-bond acceptors (Lipinski definition) is 4. The van der Waals surface area contributed by atoms with E-state index in [1.807, 2.05) is 19.1 Å². The fraction of sp³-hybridized carbons (Fsp3) is 0.143. The summed E-state index contributed by atoms with van der Waals surface area (Å²) in [5.41, 5.74) is 7.70. The van der Waals surface area contributed by atoms with Crippen LogP contribution in [-0.2, 0) is 6.54 Å². The Bertz CT molecular complexity index is 594. The molecular formula is C14H15N3O2. The summed E-state index contributed by atoms with van der Waals surface area (Å²) in [6, 6.07) is 8.45. The largest absolute Gasteiger partial charge is 0.505 e. The minimum absolute atomic E-state index is 0.167. The number of nitrogens with zero attached hydrogens (tertiary/aromatic N) is 1. The standard InChI is InChI=1S/C14H15N3O2/c1-9-5-6-10(7-16-9)8-17-14(19)11-3-2-4-12(15)13(11)18/h2-7,18H,8,15H2,1H3,(H,17,19). The lowest BCUT2D eigenvalue weighted by atomic mass is 10.1. The summed E-state index contributed by atoms with van der Waals surface area (Å²) >= 11 is 0. The third kappa shape index (κ3) is 3.01. The van der Waals surface area contributed by atoms with Crippen molar-refractivity contribution in [1.29, 1.82) is 0 Å². The van der Waals surface area contributed by atoms with Crippen LogP contribution in [0.25, 0.3) is 0 Å². The first-order valence-electron chi connectivity index (χ1n) is 5.85. The number of pyridine rings is 1. The van der Waals surface area contributed by atoms with Crippen LogP contribution < -0.4 is 11.1 Å². The van der Waals surface area contributed by atoms with Crippen molar-refractivity contribution in [3.05, 3.63) is 53.3 Å². The Morgan fingerprint density at radius 2 is 2.16 bits per heavy atom. The van der Waals surface area contributed by atoms with Gasteiger partial charge in [0, 0.05) is 18.4 Å². The number of nitrogens with two attached hydrogens (primary N) is 1. The molecule has 5 nitrogen and oxygen atoms in total. The van der Waals surface area contributed by atoms with E-state index in [4.69, 9.17) is 5.73 Å². The molecule has 0 aliphatic rings. The second-order valence-corrected chi connectivity index (χ2v) is 4.23. The summed E-state index contributed by atoms with van der Waals surface area (Å²) < 4.78 is 0. The van der Waals surface area contributed by atoms with E-state index in [9.17, 15) is 9.90 Å². The monoisotopic (exact) mass is 257 g/mol. The van der Waals surface area contributed by atoms with E-state index in [-0.39, 0.29) is 22.9 Å². The molecule has 0 radical (unpaired) electrons. The van der Waals surface area contributed by atoms with E-state index in [1.54, 1.807) is 12.3 Å². The van der Waals surface area contributed by atoms with Crippen LogP contribution in [0.4, 0.5) is 5.69 Å². The number of para-hydroxylation sites is 1. The van der Waals surface area contributed by atoms with Crippen LogP contribution in [0.3, 0.4) is 0 Å². The van der Waals surface area contributed by atoms with Gasteiger partial charge >= 0.3 is 0 Å². The molecule has 1 aromatic carbocycles. The van der Waals surface area contributed by atoms with Crippen molar-refractivity contribution in [1.82, 2.24) is 10.3 Å². The van der Waals surface area contributed by atoms with E-state index < -0.39 is 0 Å². The molecule has 0 saturated heterocycles. The van der Waals surface area contributed by atoms with Crippen molar-refractivity contribution in [3.8, 4) is 5.75 Å². The van der Waals surface area contributed by atoms with Gasteiger partial charge in [0.15, 0.2) is 5.75 Å². The van der Waals surface area contributed by atoms with Crippen LogP contribution in [0.15, 0.2) is 36.5 Å². The van der Waals surface area contributed by atoms with Crippen LogP contribution in [-0.4, -0.2) is 16.0 Å². The molecule has 2 rings (SSSR count). The van der Waals surface area contributed by atoms with Crippen LogP contribution in [0.1, 0.15) is 21.6 Å². The Labute approximate surface area is 111 Å². The molecule has 0 aliphatic carbocycles. The SMILES string of the molecule is Cc1ccc(CNC(=O)c2cccc(N)c2O)cn1. The Morgan fingerprint density at radius 3 is 2.84 bits per heavy atom. The fourth-order valence-corrected chi connectivity index (χ4v) is 1.63. The molecule has 0 unspecified atom stereocenters. The Morgan fingerprint density at radius 1 is 1.37 bits per heavy atom. The molecule has 0 atom stereocenters. The molecule has 1 aromatic heterocycles. The fourth-order valence-electron chi connectivity index (χ4n) is 1.63. The topological polar surface area (TPSA) is 88.2 Å². The zero-order chi connectivity index (χ0) is 13.8. The smallest absolute Gasteiger partial charge is 0.255 e. The van der Waals surface area contributed by atoms with Crippen molar-refractivity contribution in [2.45, 2.75) is 13.5 Å². The van der Waals surface area contributed by atoms with Gasteiger partial charge in [-0.15, -0.1) is 0 Å². The number of phenolic OH excluding ortho intramolecular Hbond substituents is 1. The molecular weight excluding hydrogens is 242 g/mol. The predicted molar refractivity (Wildman–Crippen MR) is 72.7 cm³/mol. The van der Waals surface area contributed by atoms with Gasteiger partial charge in [-0.3, -0.25) is 9.78 Å². The van der Waals surface area contributed by atoms with Crippen LogP contribution in [0, 0.1) is 6.92 Å². The first-order valence-corrected chi connectivity index (χ1v) is 5.85. The van der Waals surface area contributed by atoms with Crippen LogP contribution in [0.2, 0.25) is 0 Å². The first-order chi connectivity index (χ1) is 9.08. The lowest BCUT2D eigenvalue weighted by molar-refractivity contribution is 0.0948. The number of anilines is 1. The normalized spacial score (nSPS) is 10.2. The molecule has 5 heteroatoms. The molecule has 19 heavy (non-hydrogen) atoms. The van der Waals surface area contributed by atoms with Crippen molar-refractivity contribution in [2.24, 2.45) is 0 Å². The van der Waals surface area contributed by atoms with E-state index in [2.05, 4.69) is 10.3 Å². The van der Waals surface area contributed by atoms with Crippen LogP contribution in [0.5, 0.6) is 5.75 Å². The molecule has 0 bridgehead atoms. The van der Waals surface area contributed by atoms with Crippen molar-refractivity contribution in [2.75, 3.05) is 5.73 Å². The molecule has 4 N–H and O–H groups in total. The average Bonchev–Trinajstić information content (AvgIpc) is 2.41. The van der Waals surface area contributed by atoms with E-state index >= 15 is 0 Å². The number of aryl methyl sites for hydroxylation is 1. The number of nitrogen functional groups attached to an aromatic ring is 1. The number of phenols is 1. The van der Waals surface area contributed by atoms with Gasteiger partial charge in [0.05, 0.1) is 11.3 Å². The maximum Gasteiger partial charge on any atom is 0.255 e. The third-order valence-electron chi connectivity index (χ3n) is 2.74. The molecule has 98 valence electrons. The summed E-state index contributed by atoms with van der Waals surface area (Å²) in [7, 11) is 0. The molecule has 0 fully saturated rings. The summed E-state index contributed by atoms with van der Waals surface area (Å²) in [6.07, 6.45) is 1.70. The lowest BCUT2D eigenvalue weighted by Crippen LogP contribution is -2.23. The number of nitrogens with one attached hydrogen (secondary N) is 1. The number of carbonyl (C=O) groups excluding carboxylic acids is 1. The second-order valence-electron chi connectivity index (χ2n) is 4.23. The number of amides is 1. The van der Waals surface area contributed by atoms with Crippen molar-refractivity contribution in [3.63, 3.8) is 0 Å². The third-order valence-corrected chi connectivity index (χ3v) is 2.74. The van der Waals surface area contributed by atoms with Gasteiger partial charge in [0.1, 0.15) is 0 Å². The Balaban J connectivity index is 2.05. The highest BCUT2D eigenvalue weighted by Crippen LogP contribution is 2.24. The Kier molecular flexibility index (Phi) is 3.66. The quantitative estimate of drug-likeness (QED) is 0.575. The van der Waals surface area contributed by atoms with E-state index in [1.165, 1.54) is 12.1 Å². The number of rotatable bonds is 3. The minimum atomic E-state index is -0.370. The lowest BCUT2D eigenvalue weighted by Gasteiger charge is -2.08. The van der Waals surface area contributed by atoms with Gasteiger partial charge in [0.2, 0.25) is 0 Å². The van der Waals surface area contributed by atoms with Crippen LogP contribution >= 0.6 is 0 Å². The highest BCUT2D eigenvalue weighted by atomic mass is 16.3. The number of carbonyl (C=O) groups is 1. The zero-order valence-electron chi connectivity index (χ0n) is 10.6. The summed E-state index contributed by atoms with van der Waals surface area (Å²) in [6.45, 7) is 2.24. The summed E-state index contributed by atoms with van der Waals surface area (Å²) in [5, 5.41) is 12.4. The van der Waals surface area contributed by atoms with Gasteiger partial charge in [-0.25, -0.2) is 0 Å². The maximum absolute atomic E-state index is 11.9. The maximum atomic E-state index is 11.9. The van der Waals surface area contributed by atoms with Crippen molar-refractivity contribution < 1.29 is 9.90 Å². The first kappa shape index (κ1) is 12.9. The molecule has 1 amide bonds. The van der Waals surface area contributed by atoms with Gasteiger partial charge in [-0.2, -0.15) is 0 Å². The van der Waals surface area contributed by atoms with Gasteiger partial charge in [0.25, 0.3) is 5.91 Å². The van der Waals surface area contributed by atoms with Gasteiger partial charge in [-0.1, -0.05) is 12.1 Å². The Hall–Kier alpha value is -2.56. The minimum Gasteiger partial charge on any atom is -0.505 e. The van der Waals surface area contributed by atoms with Gasteiger partial charge in [-0.05, 0) is 30.7 Å². The average molecular weight is 257 g/mol. The summed E-state index contributed by atoms with van der Waals surface area (Å²) in [4.78, 5) is 16.1. The number of aromatic hydroxyl groups is 1. The second kappa shape index (κ2) is 5.39. The predicted octanol–water partition coefficient (Wildman–Crippen LogP) is 1.61. The highest BCUT2D eigenvalue weighted by molar-refractivity contribution is 5.98. The molecule has 0 aliphatic heterocycles. The molecule has 0 spiro atoms. The highest BCUT2D eigenvalue weighted by Gasteiger charge is 2.12. The number of hydrogen-bond donors (Lipinski definition) is 3. The number of benzene rings is 1. The molecule has 0 saturated carbocycles. The molecule has 1 heterocycles. The van der Waals surface area contributed by atoms with E-state index in [0.717, 1.165) is 11.3 Å². The zero-order valence-corrected chi connectivity index (χ0v) is 10.6. The molecule has 2 aromatic rings. The number of aromatic nitrogens is 1.